The maximum atomic E-state index is 13.4. The highest BCUT2D eigenvalue weighted by Gasteiger charge is 2.33. The van der Waals surface area contributed by atoms with Crippen LogP contribution in [0.25, 0.3) is 22.0 Å². The Bertz CT molecular complexity index is 1330. The van der Waals surface area contributed by atoms with E-state index in [0.717, 1.165) is 22.2 Å². The number of amides is 1. The van der Waals surface area contributed by atoms with Crippen LogP contribution in [0.15, 0.2) is 60.9 Å². The first-order valence-electron chi connectivity index (χ1n) is 11.0. The summed E-state index contributed by atoms with van der Waals surface area (Å²) < 4.78 is 26.9. The summed E-state index contributed by atoms with van der Waals surface area (Å²) in [4.78, 5) is 19.2. The summed E-state index contributed by atoms with van der Waals surface area (Å²) in [7, 11) is 0. The number of nitrogens with zero attached hydrogens (tertiary/aromatic N) is 3. The number of piperidine rings is 1. The van der Waals surface area contributed by atoms with Crippen LogP contribution in [-0.2, 0) is 6.54 Å². The fourth-order valence-electron chi connectivity index (χ4n) is 4.13. The first-order chi connectivity index (χ1) is 16.4. The number of nitrogens with one attached hydrogen (secondary N) is 2. The molecule has 2 aromatic heterocycles. The Balaban J connectivity index is 1.36. The van der Waals surface area contributed by atoms with Gasteiger partial charge < -0.3 is 10.4 Å². The highest BCUT2D eigenvalue weighted by atomic mass is 19.3. The predicted molar refractivity (Wildman–Crippen MR) is 125 cm³/mol. The summed E-state index contributed by atoms with van der Waals surface area (Å²) in [5.74, 6) is -2.83. The lowest BCUT2D eigenvalue weighted by Crippen LogP contribution is -2.38. The molecule has 1 fully saturated rings. The molecule has 4 aromatic rings. The van der Waals surface area contributed by atoms with Crippen LogP contribution in [0.1, 0.15) is 28.9 Å². The highest BCUT2D eigenvalue weighted by molar-refractivity contribution is 6.11. The Morgan fingerprint density at radius 3 is 2.59 bits per heavy atom. The zero-order valence-electron chi connectivity index (χ0n) is 18.3. The Kier molecular flexibility index (Phi) is 5.70. The second-order valence-electron chi connectivity index (χ2n) is 8.55. The van der Waals surface area contributed by atoms with Crippen molar-refractivity contribution in [2.75, 3.05) is 18.4 Å². The minimum absolute atomic E-state index is 0.113. The molecule has 0 spiro atoms. The number of carbonyl (C=O) groups excluding carboxylic acids is 1. The summed E-state index contributed by atoms with van der Waals surface area (Å²) in [6.07, 6.45) is 3.26. The summed E-state index contributed by atoms with van der Waals surface area (Å²) in [5, 5.41) is 19.9. The number of phenolic OH excluding ortho intramolecular Hbond substituents is 1. The Hall–Kier alpha value is -3.85. The molecule has 1 aliphatic rings. The molecule has 3 N–H and O–H groups in total. The summed E-state index contributed by atoms with van der Waals surface area (Å²) in [5.41, 5.74) is 4.20. The molecule has 1 amide bonds. The van der Waals surface area contributed by atoms with Gasteiger partial charge in [0.2, 0.25) is 0 Å². The molecule has 7 nitrogen and oxygen atoms in total. The number of carbonyl (C=O) groups is 1. The van der Waals surface area contributed by atoms with Crippen molar-refractivity contribution in [3.8, 4) is 16.9 Å². The van der Waals surface area contributed by atoms with E-state index in [9.17, 15) is 18.7 Å². The molecule has 1 aliphatic heterocycles. The number of aromatic nitrogens is 3. The summed E-state index contributed by atoms with van der Waals surface area (Å²) >= 11 is 0. The number of H-pyrrole nitrogens is 1. The average Bonchev–Trinajstić information content (AvgIpc) is 3.26. The first kappa shape index (κ1) is 22.0. The van der Waals surface area contributed by atoms with Crippen LogP contribution in [0, 0.1) is 0 Å². The van der Waals surface area contributed by atoms with Crippen molar-refractivity contribution in [1.82, 2.24) is 20.1 Å². The van der Waals surface area contributed by atoms with E-state index in [1.54, 1.807) is 24.5 Å². The Morgan fingerprint density at radius 1 is 1.06 bits per heavy atom. The molecule has 174 valence electrons. The second kappa shape index (κ2) is 8.83. The average molecular weight is 463 g/mol. The van der Waals surface area contributed by atoms with Gasteiger partial charge in [-0.25, -0.2) is 8.78 Å². The number of hydrogen-bond donors (Lipinski definition) is 3. The molecule has 3 heterocycles. The van der Waals surface area contributed by atoms with Crippen LogP contribution in [-0.4, -0.2) is 50.1 Å². The molecule has 0 saturated carbocycles. The third kappa shape index (κ3) is 4.74. The summed E-state index contributed by atoms with van der Waals surface area (Å²) in [6, 6.07) is 13.8. The number of anilines is 1. The number of alkyl halides is 2. The van der Waals surface area contributed by atoms with Gasteiger partial charge in [0.15, 0.2) is 5.69 Å². The standard InChI is InChI=1S/C25H23F2N5O2/c26-25(27)7-9-32(10-8-25)15-16-11-18(14-28-13-16)17-1-6-22-21(12-17)23(31-30-22)24(34)29-19-2-4-20(33)5-3-19/h1-6,11-14,33H,7-10,15H2,(H,29,34)(H,30,31). The lowest BCUT2D eigenvalue weighted by atomic mass is 10.0. The molecular weight excluding hydrogens is 440 g/mol. The molecule has 2 aromatic carbocycles. The number of pyridine rings is 1. The van der Waals surface area contributed by atoms with Crippen LogP contribution in [0.2, 0.25) is 0 Å². The van der Waals surface area contributed by atoms with Crippen LogP contribution >= 0.6 is 0 Å². The molecule has 0 unspecified atom stereocenters. The molecule has 1 saturated heterocycles. The molecule has 34 heavy (non-hydrogen) atoms. The molecule has 5 rings (SSSR count). The van der Waals surface area contributed by atoms with Crippen LogP contribution in [0.3, 0.4) is 0 Å². The van der Waals surface area contributed by atoms with Crippen molar-refractivity contribution in [3.05, 3.63) is 72.2 Å². The summed E-state index contributed by atoms with van der Waals surface area (Å²) in [6.45, 7) is 1.28. The monoisotopic (exact) mass is 463 g/mol. The smallest absolute Gasteiger partial charge is 0.276 e. The van der Waals surface area contributed by atoms with Crippen molar-refractivity contribution < 1.29 is 18.7 Å². The third-order valence-corrected chi connectivity index (χ3v) is 6.03. The van der Waals surface area contributed by atoms with Gasteiger partial charge in [0.25, 0.3) is 11.8 Å². The van der Waals surface area contributed by atoms with Gasteiger partial charge >= 0.3 is 0 Å². The van der Waals surface area contributed by atoms with Crippen molar-refractivity contribution in [2.45, 2.75) is 25.3 Å². The minimum Gasteiger partial charge on any atom is -0.508 e. The Morgan fingerprint density at radius 2 is 1.82 bits per heavy atom. The van der Waals surface area contributed by atoms with E-state index in [0.29, 0.717) is 30.7 Å². The van der Waals surface area contributed by atoms with Crippen LogP contribution in [0.4, 0.5) is 14.5 Å². The Labute approximate surface area is 194 Å². The number of fused-ring (bicyclic) bond motifs is 1. The molecule has 9 heteroatoms. The van der Waals surface area contributed by atoms with E-state index in [4.69, 9.17) is 0 Å². The van der Waals surface area contributed by atoms with Gasteiger partial charge in [-0.15, -0.1) is 0 Å². The van der Waals surface area contributed by atoms with E-state index < -0.39 is 5.92 Å². The maximum Gasteiger partial charge on any atom is 0.276 e. The highest BCUT2D eigenvalue weighted by Crippen LogP contribution is 2.30. The van der Waals surface area contributed by atoms with Gasteiger partial charge in [0, 0.05) is 61.5 Å². The fraction of sp³-hybridized carbons (Fsp3) is 0.240. The van der Waals surface area contributed by atoms with Crippen LogP contribution < -0.4 is 5.32 Å². The first-order valence-corrected chi connectivity index (χ1v) is 11.0. The molecule has 0 bridgehead atoms. The zero-order chi connectivity index (χ0) is 23.7. The van der Waals surface area contributed by atoms with Crippen LogP contribution in [0.5, 0.6) is 5.75 Å². The zero-order valence-corrected chi connectivity index (χ0v) is 18.3. The SMILES string of the molecule is O=C(Nc1ccc(O)cc1)c1n[nH]c2ccc(-c3cncc(CN4CCC(F)(F)CC4)c3)cc12. The molecule has 0 aliphatic carbocycles. The minimum atomic E-state index is -2.57. The number of halogens is 2. The van der Waals surface area contributed by atoms with Crippen molar-refractivity contribution >= 4 is 22.5 Å². The second-order valence-corrected chi connectivity index (χ2v) is 8.55. The van der Waals surface area contributed by atoms with E-state index in [2.05, 4.69) is 20.5 Å². The normalized spacial score (nSPS) is 15.9. The van der Waals surface area contributed by atoms with E-state index >= 15 is 0 Å². The third-order valence-electron chi connectivity index (χ3n) is 6.03. The van der Waals surface area contributed by atoms with Gasteiger partial charge in [-0.3, -0.25) is 19.8 Å². The number of aromatic hydroxyl groups is 1. The van der Waals surface area contributed by atoms with E-state index in [-0.39, 0.29) is 30.2 Å². The van der Waals surface area contributed by atoms with E-state index in [1.807, 2.05) is 29.2 Å². The lowest BCUT2D eigenvalue weighted by molar-refractivity contribution is -0.0566. The maximum absolute atomic E-state index is 13.4. The fourth-order valence-corrected chi connectivity index (χ4v) is 4.13. The van der Waals surface area contributed by atoms with Crippen molar-refractivity contribution in [1.29, 1.82) is 0 Å². The molecule has 0 radical (unpaired) electrons. The number of benzene rings is 2. The van der Waals surface area contributed by atoms with Gasteiger partial charge in [-0.05, 0) is 53.6 Å². The topological polar surface area (TPSA) is 94.1 Å². The molecular formula is C25H23F2N5O2. The largest absolute Gasteiger partial charge is 0.508 e. The number of aromatic amines is 1. The van der Waals surface area contributed by atoms with Crippen molar-refractivity contribution in [3.63, 3.8) is 0 Å². The quantitative estimate of drug-likeness (QED) is 0.369. The number of likely N-dealkylation sites (tertiary alicyclic amines) is 1. The van der Waals surface area contributed by atoms with Crippen molar-refractivity contribution in [2.24, 2.45) is 0 Å². The lowest BCUT2D eigenvalue weighted by Gasteiger charge is -2.31. The van der Waals surface area contributed by atoms with E-state index in [1.165, 1.54) is 12.1 Å². The number of hydrogen-bond acceptors (Lipinski definition) is 5. The molecule has 0 atom stereocenters. The predicted octanol–water partition coefficient (Wildman–Crippen LogP) is 4.81. The number of phenols is 1. The number of rotatable bonds is 5. The van der Waals surface area contributed by atoms with Gasteiger partial charge in [-0.2, -0.15) is 5.10 Å². The van der Waals surface area contributed by atoms with Gasteiger partial charge in [-0.1, -0.05) is 6.07 Å². The van der Waals surface area contributed by atoms with Gasteiger partial charge in [0.1, 0.15) is 5.75 Å². The van der Waals surface area contributed by atoms with Gasteiger partial charge in [0.05, 0.1) is 5.52 Å².